The van der Waals surface area contributed by atoms with Crippen LogP contribution in [0.1, 0.15) is 41.1 Å². The molecule has 2 aromatic carbocycles. The Morgan fingerprint density at radius 1 is 1.09 bits per heavy atom. The monoisotopic (exact) mass is 474 g/mol. The molecule has 2 amide bonds. The molecule has 172 valence electrons. The molecule has 1 aliphatic rings. The summed E-state index contributed by atoms with van der Waals surface area (Å²) in [5.41, 5.74) is 4.93. The first-order valence-corrected chi connectivity index (χ1v) is 11.8. The highest BCUT2D eigenvalue weighted by molar-refractivity contribution is 7.13. The predicted octanol–water partition coefficient (Wildman–Crippen LogP) is 6.25. The third-order valence-corrected chi connectivity index (χ3v) is 7.01. The van der Waals surface area contributed by atoms with E-state index in [1.165, 1.54) is 22.3 Å². The molecule has 4 aromatic rings. The second kappa shape index (κ2) is 8.87. The van der Waals surface area contributed by atoms with Crippen LogP contribution in [0.3, 0.4) is 0 Å². The molecular formula is C26H23FN4O2S. The summed E-state index contributed by atoms with van der Waals surface area (Å²) in [6, 6.07) is 15.6. The van der Waals surface area contributed by atoms with Gasteiger partial charge in [0.15, 0.2) is 0 Å². The molecule has 8 heteroatoms. The van der Waals surface area contributed by atoms with Gasteiger partial charge >= 0.3 is 6.03 Å². The number of aryl methyl sites for hydroxylation is 2. The van der Waals surface area contributed by atoms with Gasteiger partial charge in [-0.15, -0.1) is 11.3 Å². The number of nitrogens with one attached hydrogen (secondary N) is 1. The Morgan fingerprint density at radius 2 is 1.91 bits per heavy atom. The zero-order valence-corrected chi connectivity index (χ0v) is 19.8. The highest BCUT2D eigenvalue weighted by atomic mass is 32.1. The van der Waals surface area contributed by atoms with Crippen molar-refractivity contribution < 1.29 is 13.7 Å². The van der Waals surface area contributed by atoms with Crippen molar-refractivity contribution in [2.24, 2.45) is 0 Å². The van der Waals surface area contributed by atoms with Gasteiger partial charge in [-0.05, 0) is 55.0 Å². The minimum Gasteiger partial charge on any atom is -0.334 e. The summed E-state index contributed by atoms with van der Waals surface area (Å²) in [7, 11) is 0. The maximum Gasteiger partial charge on any atom is 0.322 e. The molecule has 6 nitrogen and oxygen atoms in total. The van der Waals surface area contributed by atoms with Crippen LogP contribution in [0.15, 0.2) is 70.2 Å². The Labute approximate surface area is 200 Å². The van der Waals surface area contributed by atoms with Crippen LogP contribution in [0.25, 0.3) is 16.3 Å². The molecular weight excluding hydrogens is 451 g/mol. The van der Waals surface area contributed by atoms with E-state index in [9.17, 15) is 9.18 Å². The third-order valence-electron chi connectivity index (χ3n) is 6.14. The number of amides is 2. The van der Waals surface area contributed by atoms with Crippen molar-refractivity contribution in [3.8, 4) is 10.7 Å². The molecule has 0 saturated heterocycles. The number of benzene rings is 2. The van der Waals surface area contributed by atoms with Crippen molar-refractivity contribution >= 4 is 22.9 Å². The maximum atomic E-state index is 14.4. The van der Waals surface area contributed by atoms with Gasteiger partial charge in [0.05, 0.1) is 23.0 Å². The highest BCUT2D eigenvalue weighted by Gasteiger charge is 2.36. The van der Waals surface area contributed by atoms with Crippen LogP contribution in [-0.2, 0) is 6.54 Å². The fraction of sp³-hybridized carbons (Fsp3) is 0.192. The van der Waals surface area contributed by atoms with Gasteiger partial charge in [0.25, 0.3) is 5.89 Å². The number of hydrogen-bond acceptors (Lipinski definition) is 5. The van der Waals surface area contributed by atoms with Gasteiger partial charge in [0.2, 0.25) is 5.82 Å². The first kappa shape index (κ1) is 22.0. The molecule has 1 unspecified atom stereocenters. The number of rotatable bonds is 5. The van der Waals surface area contributed by atoms with E-state index < -0.39 is 6.04 Å². The molecule has 0 aliphatic carbocycles. The van der Waals surface area contributed by atoms with Gasteiger partial charge in [0.1, 0.15) is 5.82 Å². The fourth-order valence-electron chi connectivity index (χ4n) is 4.08. The Kier molecular flexibility index (Phi) is 5.75. The van der Waals surface area contributed by atoms with Crippen molar-refractivity contribution in [2.45, 2.75) is 33.4 Å². The van der Waals surface area contributed by atoms with Gasteiger partial charge in [0, 0.05) is 11.3 Å². The average molecular weight is 475 g/mol. The largest absolute Gasteiger partial charge is 0.334 e. The second-order valence-corrected chi connectivity index (χ2v) is 9.25. The summed E-state index contributed by atoms with van der Waals surface area (Å²) in [6.07, 6.45) is 0. The molecule has 5 rings (SSSR count). The molecule has 1 N–H and O–H groups in total. The lowest BCUT2D eigenvalue weighted by molar-refractivity contribution is 0.202. The number of carbonyl (C=O) groups excluding carboxylic acids is 1. The van der Waals surface area contributed by atoms with E-state index in [1.54, 1.807) is 18.2 Å². The van der Waals surface area contributed by atoms with Crippen LogP contribution in [-0.4, -0.2) is 21.1 Å². The van der Waals surface area contributed by atoms with E-state index >= 15 is 0 Å². The summed E-state index contributed by atoms with van der Waals surface area (Å²) < 4.78 is 20.1. The first-order chi connectivity index (χ1) is 16.4. The van der Waals surface area contributed by atoms with Crippen LogP contribution in [0, 0.1) is 19.7 Å². The topological polar surface area (TPSA) is 71.3 Å². The SMILES string of the molecule is CC1=C(c2nc(-c3cccs3)no2)C(c2ccc(C)c(C)c2)NC(=O)N1Cc1ccccc1F. The number of nitrogens with zero attached hydrogens (tertiary/aromatic N) is 3. The van der Waals surface area contributed by atoms with Crippen LogP contribution in [0.2, 0.25) is 0 Å². The lowest BCUT2D eigenvalue weighted by Crippen LogP contribution is -2.45. The normalized spacial score (nSPS) is 16.2. The van der Waals surface area contributed by atoms with Crippen LogP contribution in [0.4, 0.5) is 9.18 Å². The van der Waals surface area contributed by atoms with Crippen molar-refractivity contribution in [2.75, 3.05) is 0 Å². The summed E-state index contributed by atoms with van der Waals surface area (Å²) >= 11 is 1.52. The van der Waals surface area contributed by atoms with E-state index in [2.05, 4.69) is 21.5 Å². The summed E-state index contributed by atoms with van der Waals surface area (Å²) in [5, 5.41) is 9.19. The van der Waals surface area contributed by atoms with Crippen molar-refractivity contribution in [3.63, 3.8) is 0 Å². The Morgan fingerprint density at radius 3 is 2.65 bits per heavy atom. The van der Waals surface area contributed by atoms with Crippen LogP contribution >= 0.6 is 11.3 Å². The van der Waals surface area contributed by atoms with Crippen molar-refractivity contribution in [1.29, 1.82) is 0 Å². The van der Waals surface area contributed by atoms with Crippen molar-refractivity contribution in [1.82, 2.24) is 20.4 Å². The summed E-state index contributed by atoms with van der Waals surface area (Å²) in [5.74, 6) is 0.447. The number of halogens is 1. The average Bonchev–Trinajstić information content (AvgIpc) is 3.51. The lowest BCUT2D eigenvalue weighted by Gasteiger charge is -2.35. The molecule has 2 aromatic heterocycles. The highest BCUT2D eigenvalue weighted by Crippen LogP contribution is 2.38. The van der Waals surface area contributed by atoms with E-state index in [-0.39, 0.29) is 18.4 Å². The smallest absolute Gasteiger partial charge is 0.322 e. The van der Waals surface area contributed by atoms with Crippen molar-refractivity contribution in [3.05, 3.63) is 99.6 Å². The zero-order chi connectivity index (χ0) is 23.8. The summed E-state index contributed by atoms with van der Waals surface area (Å²) in [6.45, 7) is 5.99. The zero-order valence-electron chi connectivity index (χ0n) is 19.0. The van der Waals surface area contributed by atoms with Crippen LogP contribution < -0.4 is 5.32 Å². The number of hydrogen-bond donors (Lipinski definition) is 1. The molecule has 0 bridgehead atoms. The Balaban J connectivity index is 1.62. The summed E-state index contributed by atoms with van der Waals surface area (Å²) in [4.78, 5) is 20.3. The van der Waals surface area contributed by atoms with Gasteiger partial charge in [-0.1, -0.05) is 47.6 Å². The molecule has 0 fully saturated rings. The first-order valence-electron chi connectivity index (χ1n) is 10.9. The standard InChI is InChI=1S/C26H23FN4O2S/c1-15-10-11-18(13-16(15)2)23-22(25-29-24(30-33-25)21-9-6-12-34-21)17(3)31(26(32)28-23)14-19-7-4-5-8-20(19)27/h4-13,23H,14H2,1-3H3,(H,28,32). The fourth-order valence-corrected chi connectivity index (χ4v) is 4.73. The third kappa shape index (κ3) is 4.01. The number of aromatic nitrogens is 2. The molecule has 1 atom stereocenters. The van der Waals surface area contributed by atoms with Gasteiger partial charge in [-0.2, -0.15) is 4.98 Å². The molecule has 0 radical (unpaired) electrons. The van der Waals surface area contributed by atoms with E-state index in [1.807, 2.05) is 50.4 Å². The Bertz CT molecular complexity index is 1390. The van der Waals surface area contributed by atoms with E-state index in [4.69, 9.17) is 4.52 Å². The minimum absolute atomic E-state index is 0.0827. The van der Waals surface area contributed by atoms with Gasteiger partial charge in [-0.25, -0.2) is 9.18 Å². The van der Waals surface area contributed by atoms with E-state index in [0.717, 1.165) is 21.6 Å². The number of allylic oxidation sites excluding steroid dienone is 1. The van der Waals surface area contributed by atoms with E-state index in [0.29, 0.717) is 28.5 Å². The lowest BCUT2D eigenvalue weighted by atomic mass is 9.92. The number of thiophene rings is 1. The molecule has 34 heavy (non-hydrogen) atoms. The number of carbonyl (C=O) groups is 1. The molecule has 0 spiro atoms. The van der Waals surface area contributed by atoms with Gasteiger partial charge < -0.3 is 9.84 Å². The predicted molar refractivity (Wildman–Crippen MR) is 129 cm³/mol. The second-order valence-electron chi connectivity index (χ2n) is 8.30. The Hall–Kier alpha value is -3.78. The van der Waals surface area contributed by atoms with Gasteiger partial charge in [-0.3, -0.25) is 4.90 Å². The molecule has 0 saturated carbocycles. The molecule has 1 aliphatic heterocycles. The number of urea groups is 1. The maximum absolute atomic E-state index is 14.4. The molecule has 3 heterocycles. The minimum atomic E-state index is -0.486. The quantitative estimate of drug-likeness (QED) is 0.371. The van der Waals surface area contributed by atoms with Crippen LogP contribution in [0.5, 0.6) is 0 Å².